The average Bonchev–Trinajstić information content (AvgIpc) is 3.55. The van der Waals surface area contributed by atoms with Crippen LogP contribution >= 0.6 is 11.3 Å². The molecule has 43 heavy (non-hydrogen) atoms. The predicted octanol–water partition coefficient (Wildman–Crippen LogP) is 4.39. The number of hydrogen-bond donors (Lipinski definition) is 2. The molecule has 2 saturated heterocycles. The number of anilines is 2. The number of likely N-dealkylation sites (tertiary alicyclic amines) is 1. The molecular formula is C30H31FN4O6S2. The largest absolute Gasteiger partial charge is 0.508 e. The van der Waals surface area contributed by atoms with E-state index < -0.39 is 26.7 Å². The first-order chi connectivity index (χ1) is 20.7. The third-order valence-electron chi connectivity index (χ3n) is 7.36. The van der Waals surface area contributed by atoms with E-state index in [1.807, 2.05) is 18.2 Å². The first-order valence-corrected chi connectivity index (χ1v) is 16.4. The Morgan fingerprint density at radius 1 is 1.23 bits per heavy atom. The van der Waals surface area contributed by atoms with E-state index >= 15 is 0 Å². The number of benzene rings is 2. The summed E-state index contributed by atoms with van der Waals surface area (Å²) in [5, 5.41) is 17.2. The molecule has 0 amide bonds. The summed E-state index contributed by atoms with van der Waals surface area (Å²) in [6, 6.07) is 10.8. The Balaban J connectivity index is 1.28. The number of carbonyl (C=O) groups is 1. The fourth-order valence-corrected chi connectivity index (χ4v) is 7.16. The summed E-state index contributed by atoms with van der Waals surface area (Å²) < 4.78 is 54.5. The standard InChI is InChI=1S/C30H31FN4O6S2/c1-39-26-16-28(43(2,37)38)23(31)15-25(26)33-12-4-7-27-21(8-11-32)22-5-3-6-24(29(22)42-27)34-19-9-13-35(14-10-19)17-20-18-40-30(36)41-20/h3,5-6,15-16,19-20,33-34H,8-10,12-14,17-18H2,1-2H3. The van der Waals surface area contributed by atoms with E-state index in [0.717, 1.165) is 70.5 Å². The smallest absolute Gasteiger partial charge is 0.495 e. The van der Waals surface area contributed by atoms with Gasteiger partial charge in [0.15, 0.2) is 15.9 Å². The van der Waals surface area contributed by atoms with E-state index in [4.69, 9.17) is 14.2 Å². The van der Waals surface area contributed by atoms with Gasteiger partial charge in [-0.25, -0.2) is 17.6 Å². The Morgan fingerprint density at radius 3 is 2.70 bits per heavy atom. The molecule has 5 rings (SSSR count). The molecule has 2 aliphatic heterocycles. The van der Waals surface area contributed by atoms with Crippen molar-refractivity contribution in [3.63, 3.8) is 0 Å². The molecule has 2 fully saturated rings. The molecular weight excluding hydrogens is 595 g/mol. The fourth-order valence-electron chi connectivity index (χ4n) is 5.25. The zero-order chi connectivity index (χ0) is 30.6. The highest BCUT2D eigenvalue weighted by molar-refractivity contribution is 7.90. The summed E-state index contributed by atoms with van der Waals surface area (Å²) >= 11 is 1.52. The van der Waals surface area contributed by atoms with Gasteiger partial charge in [-0.1, -0.05) is 24.0 Å². The van der Waals surface area contributed by atoms with E-state index in [-0.39, 0.29) is 36.5 Å². The van der Waals surface area contributed by atoms with Gasteiger partial charge < -0.3 is 24.8 Å². The van der Waals surface area contributed by atoms with Gasteiger partial charge in [-0.2, -0.15) is 5.26 Å². The number of nitrogens with zero attached hydrogens (tertiary/aromatic N) is 2. The molecule has 3 aromatic rings. The molecule has 0 radical (unpaired) electrons. The summed E-state index contributed by atoms with van der Waals surface area (Å²) in [6.45, 7) is 2.86. The Bertz CT molecular complexity index is 1730. The first-order valence-electron chi connectivity index (χ1n) is 13.7. The maximum atomic E-state index is 14.4. The van der Waals surface area contributed by atoms with Crippen LogP contribution in [0.25, 0.3) is 10.1 Å². The summed E-state index contributed by atoms with van der Waals surface area (Å²) in [5.41, 5.74) is 2.14. The van der Waals surface area contributed by atoms with Crippen molar-refractivity contribution < 1.29 is 31.8 Å². The molecule has 0 aliphatic carbocycles. The van der Waals surface area contributed by atoms with E-state index in [0.29, 0.717) is 13.2 Å². The van der Waals surface area contributed by atoms with E-state index in [1.165, 1.54) is 18.4 Å². The molecule has 2 aromatic carbocycles. The predicted molar refractivity (Wildman–Crippen MR) is 162 cm³/mol. The van der Waals surface area contributed by atoms with E-state index in [1.54, 1.807) is 0 Å². The Morgan fingerprint density at radius 2 is 2.02 bits per heavy atom. The average molecular weight is 627 g/mol. The van der Waals surface area contributed by atoms with Crippen LogP contribution in [0.5, 0.6) is 5.75 Å². The normalized spacial score (nSPS) is 17.4. The Hall–Kier alpha value is -4.04. The van der Waals surface area contributed by atoms with Gasteiger partial charge >= 0.3 is 6.16 Å². The molecule has 1 aromatic heterocycles. The highest BCUT2D eigenvalue weighted by Crippen LogP contribution is 2.37. The summed E-state index contributed by atoms with van der Waals surface area (Å²) in [6.07, 6.45) is 2.20. The third kappa shape index (κ3) is 7.13. The van der Waals surface area contributed by atoms with Crippen molar-refractivity contribution in [2.75, 3.05) is 56.8 Å². The van der Waals surface area contributed by atoms with Gasteiger partial charge in [0.2, 0.25) is 0 Å². The fraction of sp³-hybridized carbons (Fsp3) is 0.400. The number of carbonyl (C=O) groups excluding carboxylic acids is 1. The summed E-state index contributed by atoms with van der Waals surface area (Å²) in [7, 11) is -2.38. The lowest BCUT2D eigenvalue weighted by Crippen LogP contribution is -2.43. The number of cyclic esters (lactones) is 2. The van der Waals surface area contributed by atoms with Gasteiger partial charge in [-0.3, -0.25) is 4.90 Å². The van der Waals surface area contributed by atoms with Crippen LogP contribution in [0.15, 0.2) is 35.2 Å². The molecule has 2 aliphatic rings. The number of methoxy groups -OCH3 is 1. The van der Waals surface area contributed by atoms with E-state index in [9.17, 15) is 22.9 Å². The third-order valence-corrected chi connectivity index (χ3v) is 9.66. The minimum atomic E-state index is -3.75. The minimum Gasteiger partial charge on any atom is -0.495 e. The zero-order valence-corrected chi connectivity index (χ0v) is 25.4. The quantitative estimate of drug-likeness (QED) is 0.261. The van der Waals surface area contributed by atoms with Gasteiger partial charge in [0.1, 0.15) is 23.1 Å². The van der Waals surface area contributed by atoms with Gasteiger partial charge in [0.05, 0.1) is 47.1 Å². The maximum absolute atomic E-state index is 14.4. The van der Waals surface area contributed by atoms with Crippen LogP contribution in [0.2, 0.25) is 0 Å². The van der Waals surface area contributed by atoms with Crippen molar-refractivity contribution in [3.05, 3.63) is 46.6 Å². The SMILES string of the molecule is COc1cc(S(C)(=O)=O)c(F)cc1NCC#Cc1sc2c(NC3CCN(CC4COC(=O)O4)CC3)cccc2c1CC#N. The summed E-state index contributed by atoms with van der Waals surface area (Å²) in [4.78, 5) is 13.8. The molecule has 10 nitrogen and oxygen atoms in total. The van der Waals surface area contributed by atoms with Crippen molar-refractivity contribution in [2.45, 2.75) is 36.3 Å². The molecule has 226 valence electrons. The van der Waals surface area contributed by atoms with Gasteiger partial charge in [-0.15, -0.1) is 11.3 Å². The maximum Gasteiger partial charge on any atom is 0.508 e. The van der Waals surface area contributed by atoms with Crippen LogP contribution in [0, 0.1) is 29.0 Å². The van der Waals surface area contributed by atoms with Crippen LogP contribution in [-0.2, 0) is 25.7 Å². The second-order valence-corrected chi connectivity index (χ2v) is 13.4. The lowest BCUT2D eigenvalue weighted by Gasteiger charge is -2.33. The monoisotopic (exact) mass is 626 g/mol. The van der Waals surface area contributed by atoms with Crippen molar-refractivity contribution in [2.24, 2.45) is 0 Å². The number of piperidine rings is 1. The number of hydrogen-bond acceptors (Lipinski definition) is 11. The number of halogens is 1. The van der Waals surface area contributed by atoms with Gasteiger partial charge in [0, 0.05) is 55.0 Å². The lowest BCUT2D eigenvalue weighted by atomic mass is 10.0. The number of sulfone groups is 1. The number of ether oxygens (including phenoxy) is 3. The zero-order valence-electron chi connectivity index (χ0n) is 23.7. The van der Waals surface area contributed by atoms with Crippen LogP contribution in [0.1, 0.15) is 23.3 Å². The number of fused-ring (bicyclic) bond motifs is 1. The van der Waals surface area contributed by atoms with Crippen molar-refractivity contribution in [1.29, 1.82) is 5.26 Å². The number of nitriles is 1. The van der Waals surface area contributed by atoms with Crippen LogP contribution in [0.3, 0.4) is 0 Å². The molecule has 2 N–H and O–H groups in total. The highest BCUT2D eigenvalue weighted by Gasteiger charge is 2.29. The second-order valence-electron chi connectivity index (χ2n) is 10.4. The van der Waals surface area contributed by atoms with Gasteiger partial charge in [0.25, 0.3) is 0 Å². The van der Waals surface area contributed by atoms with Crippen LogP contribution < -0.4 is 15.4 Å². The topological polar surface area (TPSA) is 130 Å². The van der Waals surface area contributed by atoms with Crippen molar-refractivity contribution in [3.8, 4) is 23.7 Å². The lowest BCUT2D eigenvalue weighted by molar-refractivity contribution is 0.0945. The van der Waals surface area contributed by atoms with Crippen molar-refractivity contribution in [1.82, 2.24) is 4.90 Å². The van der Waals surface area contributed by atoms with E-state index in [2.05, 4.69) is 33.4 Å². The van der Waals surface area contributed by atoms with Crippen LogP contribution in [-0.4, -0.2) is 77.8 Å². The Kier molecular flexibility index (Phi) is 9.25. The molecule has 3 heterocycles. The summed E-state index contributed by atoms with van der Waals surface area (Å²) in [5.74, 6) is 5.52. The van der Waals surface area contributed by atoms with Gasteiger partial charge in [-0.05, 0) is 18.9 Å². The number of rotatable bonds is 9. The highest BCUT2D eigenvalue weighted by atomic mass is 32.2. The molecule has 0 bridgehead atoms. The second kappa shape index (κ2) is 13.1. The molecule has 1 unspecified atom stereocenters. The molecule has 0 saturated carbocycles. The number of nitrogens with one attached hydrogen (secondary N) is 2. The van der Waals surface area contributed by atoms with Crippen LogP contribution in [0.4, 0.5) is 20.6 Å². The Labute approximate surface area is 253 Å². The minimum absolute atomic E-state index is 0.143. The molecule has 0 spiro atoms. The molecule has 1 atom stereocenters. The first kappa shape index (κ1) is 30.4. The van der Waals surface area contributed by atoms with Crippen molar-refractivity contribution >= 4 is 48.8 Å². The number of thiophene rings is 1. The molecule has 13 heteroatoms.